The summed E-state index contributed by atoms with van der Waals surface area (Å²) in [6.45, 7) is 8.18. The first-order chi connectivity index (χ1) is 12.4. The van der Waals surface area contributed by atoms with Crippen molar-refractivity contribution >= 4 is 23.2 Å². The number of thiazole rings is 1. The summed E-state index contributed by atoms with van der Waals surface area (Å²) in [6, 6.07) is 7.20. The van der Waals surface area contributed by atoms with Crippen LogP contribution in [-0.2, 0) is 27.2 Å². The molecule has 0 saturated carbocycles. The Labute approximate surface area is 158 Å². The quantitative estimate of drug-likeness (QED) is 0.719. The van der Waals surface area contributed by atoms with Crippen LogP contribution in [-0.4, -0.2) is 29.5 Å². The summed E-state index contributed by atoms with van der Waals surface area (Å²) in [4.78, 5) is 29.1. The van der Waals surface area contributed by atoms with Gasteiger partial charge >= 0.3 is 5.97 Å². The van der Waals surface area contributed by atoms with E-state index in [0.29, 0.717) is 12.3 Å². The molecule has 0 fully saturated rings. The highest BCUT2D eigenvalue weighted by atomic mass is 32.1. The van der Waals surface area contributed by atoms with E-state index >= 15 is 0 Å². The smallest absolute Gasteiger partial charge is 0.328 e. The van der Waals surface area contributed by atoms with Crippen molar-refractivity contribution in [3.8, 4) is 0 Å². The van der Waals surface area contributed by atoms with Gasteiger partial charge in [0, 0.05) is 17.7 Å². The maximum absolute atomic E-state index is 12.4. The first-order valence-corrected chi connectivity index (χ1v) is 9.72. The monoisotopic (exact) mass is 374 g/mol. The maximum atomic E-state index is 12.4. The number of hydrogen-bond acceptors (Lipinski definition) is 5. The summed E-state index contributed by atoms with van der Waals surface area (Å²) in [7, 11) is 0. The van der Waals surface area contributed by atoms with Gasteiger partial charge < -0.3 is 10.1 Å². The van der Waals surface area contributed by atoms with Crippen LogP contribution in [0.4, 0.5) is 0 Å². The molecule has 0 saturated heterocycles. The number of amides is 1. The third-order valence-corrected chi connectivity index (χ3v) is 5.07. The minimum absolute atomic E-state index is 0.160. The Kier molecular flexibility index (Phi) is 7.33. The molecule has 1 atom stereocenters. The molecule has 0 aliphatic heterocycles. The number of ether oxygens (including phenoxy) is 1. The first kappa shape index (κ1) is 20.1. The highest BCUT2D eigenvalue weighted by molar-refractivity contribution is 7.09. The number of benzene rings is 1. The fourth-order valence-electron chi connectivity index (χ4n) is 2.47. The standard InChI is InChI=1S/C20H26N2O3S/c1-5-25-20(24)17(10-15-8-6-14(4)7-9-15)22-18(23)11-16-12-26-19(21-16)13(2)3/h6-9,12-13,17H,5,10-11H2,1-4H3,(H,22,23)/t17-/m0/s1. The van der Waals surface area contributed by atoms with Gasteiger partial charge in [0.05, 0.1) is 23.7 Å². The van der Waals surface area contributed by atoms with Crippen molar-refractivity contribution in [2.45, 2.75) is 52.5 Å². The number of aromatic nitrogens is 1. The summed E-state index contributed by atoms with van der Waals surface area (Å²) >= 11 is 1.55. The van der Waals surface area contributed by atoms with Crippen LogP contribution in [0.5, 0.6) is 0 Å². The lowest BCUT2D eigenvalue weighted by atomic mass is 10.0. The van der Waals surface area contributed by atoms with Gasteiger partial charge in [0.15, 0.2) is 0 Å². The van der Waals surface area contributed by atoms with Crippen molar-refractivity contribution in [1.82, 2.24) is 10.3 Å². The Balaban J connectivity index is 2.03. The third kappa shape index (κ3) is 5.95. The fourth-order valence-corrected chi connectivity index (χ4v) is 3.31. The van der Waals surface area contributed by atoms with Gasteiger partial charge in [-0.05, 0) is 19.4 Å². The predicted molar refractivity (Wildman–Crippen MR) is 103 cm³/mol. The summed E-state index contributed by atoms with van der Waals surface area (Å²) in [5, 5.41) is 5.71. The largest absolute Gasteiger partial charge is 0.464 e. The van der Waals surface area contributed by atoms with Gasteiger partial charge in [-0.1, -0.05) is 43.7 Å². The minimum atomic E-state index is -0.701. The van der Waals surface area contributed by atoms with Crippen molar-refractivity contribution in [3.05, 3.63) is 51.5 Å². The Hall–Kier alpha value is -2.21. The molecule has 0 aliphatic carbocycles. The lowest BCUT2D eigenvalue weighted by Crippen LogP contribution is -2.44. The lowest BCUT2D eigenvalue weighted by Gasteiger charge is -2.17. The summed E-state index contributed by atoms with van der Waals surface area (Å²) in [6.07, 6.45) is 0.562. The average Bonchev–Trinajstić information content (AvgIpc) is 3.05. The summed E-state index contributed by atoms with van der Waals surface area (Å²) in [5.74, 6) is -0.302. The molecule has 2 aromatic rings. The van der Waals surface area contributed by atoms with Gasteiger partial charge in [0.1, 0.15) is 6.04 Å². The Morgan fingerprint density at radius 1 is 1.23 bits per heavy atom. The van der Waals surface area contributed by atoms with Gasteiger partial charge in [0.2, 0.25) is 5.91 Å². The van der Waals surface area contributed by atoms with Crippen LogP contribution >= 0.6 is 11.3 Å². The number of esters is 1. The summed E-state index contributed by atoms with van der Waals surface area (Å²) in [5.41, 5.74) is 2.86. The number of hydrogen-bond donors (Lipinski definition) is 1. The van der Waals surface area contributed by atoms with Crippen LogP contribution in [0.1, 0.15) is 48.5 Å². The molecule has 0 aliphatic rings. The molecule has 0 bridgehead atoms. The molecule has 26 heavy (non-hydrogen) atoms. The van der Waals surface area contributed by atoms with Crippen molar-refractivity contribution < 1.29 is 14.3 Å². The molecule has 140 valence electrons. The van der Waals surface area contributed by atoms with Crippen molar-refractivity contribution in [1.29, 1.82) is 0 Å². The fraction of sp³-hybridized carbons (Fsp3) is 0.450. The molecule has 0 radical (unpaired) electrons. The molecule has 6 heteroatoms. The number of rotatable bonds is 8. The van der Waals surface area contributed by atoms with Crippen molar-refractivity contribution in [3.63, 3.8) is 0 Å². The first-order valence-electron chi connectivity index (χ1n) is 8.84. The highest BCUT2D eigenvalue weighted by Gasteiger charge is 2.23. The molecule has 1 N–H and O–H groups in total. The third-order valence-electron chi connectivity index (χ3n) is 3.87. The number of aryl methyl sites for hydroxylation is 1. The Morgan fingerprint density at radius 3 is 2.50 bits per heavy atom. The second-order valence-corrected chi connectivity index (χ2v) is 7.46. The van der Waals surface area contributed by atoms with E-state index in [-0.39, 0.29) is 18.9 Å². The number of carbonyl (C=O) groups is 2. The molecular formula is C20H26N2O3S. The Morgan fingerprint density at radius 2 is 1.92 bits per heavy atom. The molecule has 1 aromatic carbocycles. The van der Waals surface area contributed by atoms with Gasteiger partial charge in [-0.3, -0.25) is 4.79 Å². The number of nitrogens with one attached hydrogen (secondary N) is 1. The zero-order valence-corrected chi connectivity index (χ0v) is 16.6. The van der Waals surface area contributed by atoms with E-state index < -0.39 is 12.0 Å². The van der Waals surface area contributed by atoms with Crippen molar-refractivity contribution in [2.75, 3.05) is 6.61 Å². The topological polar surface area (TPSA) is 68.3 Å². The molecule has 1 aromatic heterocycles. The van der Waals surface area contributed by atoms with Gasteiger partial charge in [0.25, 0.3) is 0 Å². The average molecular weight is 375 g/mol. The second kappa shape index (κ2) is 9.48. The second-order valence-electron chi connectivity index (χ2n) is 6.57. The lowest BCUT2D eigenvalue weighted by molar-refractivity contribution is -0.147. The predicted octanol–water partition coefficient (Wildman–Crippen LogP) is 3.41. The van der Waals surface area contributed by atoms with Crippen molar-refractivity contribution in [2.24, 2.45) is 0 Å². The zero-order valence-electron chi connectivity index (χ0n) is 15.7. The normalized spacial score (nSPS) is 12.0. The molecule has 1 amide bonds. The molecule has 5 nitrogen and oxygen atoms in total. The molecular weight excluding hydrogens is 348 g/mol. The zero-order chi connectivity index (χ0) is 19.1. The molecule has 2 rings (SSSR count). The number of nitrogens with zero attached hydrogens (tertiary/aromatic N) is 1. The van der Waals surface area contributed by atoms with E-state index in [1.165, 1.54) is 0 Å². The van der Waals surface area contributed by atoms with E-state index in [0.717, 1.165) is 21.8 Å². The molecule has 1 heterocycles. The van der Waals surface area contributed by atoms with E-state index in [9.17, 15) is 9.59 Å². The van der Waals surface area contributed by atoms with E-state index in [1.807, 2.05) is 36.6 Å². The van der Waals surface area contributed by atoms with Gasteiger partial charge in [-0.2, -0.15) is 0 Å². The minimum Gasteiger partial charge on any atom is -0.464 e. The van der Waals surface area contributed by atoms with E-state index in [1.54, 1.807) is 18.3 Å². The molecule has 0 unspecified atom stereocenters. The highest BCUT2D eigenvalue weighted by Crippen LogP contribution is 2.19. The SMILES string of the molecule is CCOC(=O)[C@H](Cc1ccc(C)cc1)NC(=O)Cc1csc(C(C)C)n1. The van der Waals surface area contributed by atoms with Gasteiger partial charge in [-0.15, -0.1) is 11.3 Å². The maximum Gasteiger partial charge on any atom is 0.328 e. The van der Waals surface area contributed by atoms with Crippen LogP contribution in [0.3, 0.4) is 0 Å². The molecule has 0 spiro atoms. The number of carbonyl (C=O) groups excluding carboxylic acids is 2. The van der Waals surface area contributed by atoms with Crippen LogP contribution in [0.2, 0.25) is 0 Å². The van der Waals surface area contributed by atoms with Gasteiger partial charge in [-0.25, -0.2) is 9.78 Å². The van der Waals surface area contributed by atoms with Crippen LogP contribution < -0.4 is 5.32 Å². The van der Waals surface area contributed by atoms with Crippen LogP contribution in [0, 0.1) is 6.92 Å². The van der Waals surface area contributed by atoms with E-state index in [2.05, 4.69) is 24.1 Å². The van der Waals surface area contributed by atoms with E-state index in [4.69, 9.17) is 4.74 Å². The Bertz CT molecular complexity index is 738. The van der Waals surface area contributed by atoms with Crippen LogP contribution in [0.25, 0.3) is 0 Å². The summed E-state index contributed by atoms with van der Waals surface area (Å²) < 4.78 is 5.12. The van der Waals surface area contributed by atoms with Crippen LogP contribution in [0.15, 0.2) is 29.6 Å².